The van der Waals surface area contributed by atoms with Gasteiger partial charge in [-0.2, -0.15) is 0 Å². The molecule has 1 amide bonds. The van der Waals surface area contributed by atoms with Crippen LogP contribution >= 0.6 is 0 Å². The number of carbonyl (C=O) groups excluding carboxylic acids is 1. The Hall–Kier alpha value is -4.47. The molecular weight excluding hydrogens is 536 g/mol. The van der Waals surface area contributed by atoms with Crippen molar-refractivity contribution in [1.29, 1.82) is 0 Å². The van der Waals surface area contributed by atoms with Gasteiger partial charge in [0.1, 0.15) is 11.5 Å². The van der Waals surface area contributed by atoms with Crippen LogP contribution in [-0.2, 0) is 12.0 Å². The van der Waals surface area contributed by atoms with Gasteiger partial charge in [0.2, 0.25) is 0 Å². The van der Waals surface area contributed by atoms with E-state index in [4.69, 9.17) is 0 Å². The van der Waals surface area contributed by atoms with Gasteiger partial charge in [0.15, 0.2) is 0 Å². The van der Waals surface area contributed by atoms with Crippen molar-refractivity contribution in [3.8, 4) is 11.5 Å². The molecule has 0 unspecified atom stereocenters. The third-order valence-corrected chi connectivity index (χ3v) is 6.15. The minimum atomic E-state index is -4.99. The third kappa shape index (κ3) is 7.13. The Morgan fingerprint density at radius 3 is 1.68 bits per heavy atom. The lowest BCUT2D eigenvalue weighted by Crippen LogP contribution is -2.48. The normalized spacial score (nSPS) is 12.1. The highest BCUT2D eigenvalue weighted by atomic mass is 19.4. The standard InChI is InChI=1S/C30H23F6NO3/c1-20-9-5-6-16-26(20)27(38)37-28(19-21-10-3-2-4-11-21,22-12-7-14-24(17-22)39-29(31,32)33)23-13-8-15-25(18-23)40-30(34,35)36/h2-18H,19H2,1H3,(H,37,38). The van der Waals surface area contributed by atoms with Crippen molar-refractivity contribution in [2.45, 2.75) is 31.6 Å². The van der Waals surface area contributed by atoms with Crippen molar-refractivity contribution in [3.63, 3.8) is 0 Å². The number of hydrogen-bond acceptors (Lipinski definition) is 3. The van der Waals surface area contributed by atoms with Crippen molar-refractivity contribution in [3.05, 3.63) is 131 Å². The van der Waals surface area contributed by atoms with Crippen molar-refractivity contribution >= 4 is 5.91 Å². The highest BCUT2D eigenvalue weighted by Crippen LogP contribution is 2.38. The summed E-state index contributed by atoms with van der Waals surface area (Å²) in [5.41, 5.74) is 0.184. The van der Waals surface area contributed by atoms with Crippen molar-refractivity contribution in [2.75, 3.05) is 0 Å². The molecule has 1 N–H and O–H groups in total. The summed E-state index contributed by atoms with van der Waals surface area (Å²) in [4.78, 5) is 13.7. The number of nitrogens with one attached hydrogen (secondary N) is 1. The molecule has 0 aromatic heterocycles. The quantitative estimate of drug-likeness (QED) is 0.225. The Kier molecular flexibility index (Phi) is 8.08. The van der Waals surface area contributed by atoms with Gasteiger partial charge in [-0.15, -0.1) is 26.3 Å². The minimum absolute atomic E-state index is 0.0313. The summed E-state index contributed by atoms with van der Waals surface area (Å²) in [5.74, 6) is -1.70. The highest BCUT2D eigenvalue weighted by Gasteiger charge is 2.39. The van der Waals surface area contributed by atoms with E-state index in [9.17, 15) is 31.1 Å². The van der Waals surface area contributed by atoms with Gasteiger partial charge in [-0.3, -0.25) is 4.79 Å². The number of amides is 1. The van der Waals surface area contributed by atoms with Crippen LogP contribution in [0, 0.1) is 6.92 Å². The van der Waals surface area contributed by atoms with Gasteiger partial charge in [0.25, 0.3) is 5.91 Å². The van der Waals surface area contributed by atoms with Crippen LogP contribution in [-0.4, -0.2) is 18.6 Å². The molecule has 0 fully saturated rings. The van der Waals surface area contributed by atoms with Gasteiger partial charge < -0.3 is 14.8 Å². The molecule has 0 atom stereocenters. The van der Waals surface area contributed by atoms with E-state index in [0.29, 0.717) is 11.1 Å². The van der Waals surface area contributed by atoms with Gasteiger partial charge in [-0.25, -0.2) is 0 Å². The molecule has 4 aromatic rings. The zero-order valence-corrected chi connectivity index (χ0v) is 21.0. The third-order valence-electron chi connectivity index (χ3n) is 6.15. The first-order valence-electron chi connectivity index (χ1n) is 12.0. The van der Waals surface area contributed by atoms with Crippen LogP contribution < -0.4 is 14.8 Å². The number of halogens is 6. The molecule has 4 rings (SSSR count). The summed E-state index contributed by atoms with van der Waals surface area (Å²) in [6, 6.07) is 25.3. The summed E-state index contributed by atoms with van der Waals surface area (Å²) < 4.78 is 86.9. The van der Waals surface area contributed by atoms with E-state index in [1.54, 1.807) is 61.5 Å². The Balaban J connectivity index is 1.96. The van der Waals surface area contributed by atoms with Gasteiger partial charge in [-0.1, -0.05) is 72.8 Å². The summed E-state index contributed by atoms with van der Waals surface area (Å²) >= 11 is 0. The molecule has 208 valence electrons. The zero-order valence-electron chi connectivity index (χ0n) is 21.0. The number of alkyl halides is 6. The summed E-state index contributed by atoms with van der Waals surface area (Å²) in [6.45, 7) is 1.71. The van der Waals surface area contributed by atoms with E-state index in [2.05, 4.69) is 14.8 Å². The molecule has 0 spiro atoms. The Bertz CT molecular complexity index is 1410. The number of rotatable bonds is 8. The minimum Gasteiger partial charge on any atom is -0.406 e. The van der Waals surface area contributed by atoms with Crippen molar-refractivity contribution in [2.24, 2.45) is 0 Å². The highest BCUT2D eigenvalue weighted by molar-refractivity contribution is 5.96. The first-order chi connectivity index (χ1) is 18.8. The maximum absolute atomic E-state index is 13.7. The topological polar surface area (TPSA) is 47.6 Å². The number of aryl methyl sites for hydroxylation is 1. The van der Waals surface area contributed by atoms with Gasteiger partial charge in [0, 0.05) is 12.0 Å². The fourth-order valence-corrected chi connectivity index (χ4v) is 4.47. The molecule has 0 aliphatic rings. The van der Waals surface area contributed by atoms with E-state index >= 15 is 0 Å². The summed E-state index contributed by atoms with van der Waals surface area (Å²) in [6.07, 6.45) is -10.0. The van der Waals surface area contributed by atoms with Crippen LogP contribution in [0.4, 0.5) is 26.3 Å². The maximum atomic E-state index is 13.7. The number of ether oxygens (including phenoxy) is 2. The van der Waals surface area contributed by atoms with Gasteiger partial charge >= 0.3 is 12.7 Å². The molecule has 4 aromatic carbocycles. The molecule has 0 bridgehead atoms. The molecule has 0 saturated heterocycles. The SMILES string of the molecule is Cc1ccccc1C(=O)NC(Cc1ccccc1)(c1cccc(OC(F)(F)F)c1)c1cccc(OC(F)(F)F)c1. The molecule has 4 nitrogen and oxygen atoms in total. The van der Waals surface area contributed by atoms with Crippen LogP contribution in [0.15, 0.2) is 103 Å². The lowest BCUT2D eigenvalue weighted by molar-refractivity contribution is -0.275. The van der Waals surface area contributed by atoms with Crippen molar-refractivity contribution < 1.29 is 40.6 Å². The van der Waals surface area contributed by atoms with Crippen molar-refractivity contribution in [1.82, 2.24) is 5.32 Å². The lowest BCUT2D eigenvalue weighted by atomic mass is 9.77. The zero-order chi connectivity index (χ0) is 29.0. The second-order valence-corrected chi connectivity index (χ2v) is 8.99. The average molecular weight is 560 g/mol. The maximum Gasteiger partial charge on any atom is 0.573 e. The van der Waals surface area contributed by atoms with Crippen LogP contribution in [0.2, 0.25) is 0 Å². The molecule has 40 heavy (non-hydrogen) atoms. The largest absolute Gasteiger partial charge is 0.573 e. The lowest BCUT2D eigenvalue weighted by Gasteiger charge is -2.37. The summed E-state index contributed by atoms with van der Waals surface area (Å²) in [5, 5.41) is 2.94. The second kappa shape index (κ2) is 11.3. The van der Waals surface area contributed by atoms with Crippen LogP contribution in [0.3, 0.4) is 0 Å². The number of carbonyl (C=O) groups is 1. The molecule has 10 heteroatoms. The molecule has 0 aliphatic heterocycles. The second-order valence-electron chi connectivity index (χ2n) is 8.99. The van der Waals surface area contributed by atoms with Gasteiger partial charge in [-0.05, 0) is 59.5 Å². The molecule has 0 aliphatic carbocycles. The summed E-state index contributed by atoms with van der Waals surface area (Å²) in [7, 11) is 0. The smallest absolute Gasteiger partial charge is 0.406 e. The first-order valence-corrected chi connectivity index (χ1v) is 12.0. The van der Waals surface area contributed by atoms with E-state index in [-0.39, 0.29) is 23.1 Å². The average Bonchev–Trinajstić information content (AvgIpc) is 2.87. The predicted octanol–water partition coefficient (Wildman–Crippen LogP) is 7.71. The van der Waals surface area contributed by atoms with E-state index in [1.807, 2.05) is 0 Å². The van der Waals surface area contributed by atoms with Crippen LogP contribution in [0.5, 0.6) is 11.5 Å². The molecule has 0 heterocycles. The van der Waals surface area contributed by atoms with E-state index in [0.717, 1.165) is 24.3 Å². The number of benzene rings is 4. The van der Waals surface area contributed by atoms with Gasteiger partial charge in [0.05, 0.1) is 5.54 Å². The van der Waals surface area contributed by atoms with E-state index in [1.165, 1.54) is 24.3 Å². The Morgan fingerprint density at radius 2 is 1.18 bits per heavy atom. The molecule has 0 radical (unpaired) electrons. The Morgan fingerprint density at radius 1 is 0.675 bits per heavy atom. The monoisotopic (exact) mass is 559 g/mol. The fourth-order valence-electron chi connectivity index (χ4n) is 4.47. The predicted molar refractivity (Wildman–Crippen MR) is 136 cm³/mol. The number of hydrogen-bond donors (Lipinski definition) is 1. The molecular formula is C30H23F6NO3. The fraction of sp³-hybridized carbons (Fsp3) is 0.167. The van der Waals surface area contributed by atoms with E-state index < -0.39 is 35.7 Å². The molecule has 0 saturated carbocycles. The Labute approximate surface area is 226 Å². The first kappa shape index (κ1) is 28.5. The van der Waals surface area contributed by atoms with Crippen LogP contribution in [0.1, 0.15) is 32.6 Å². The van der Waals surface area contributed by atoms with Crippen LogP contribution in [0.25, 0.3) is 0 Å².